The molecule has 0 heterocycles. The summed E-state index contributed by atoms with van der Waals surface area (Å²) >= 11 is 0. The van der Waals surface area contributed by atoms with Crippen molar-refractivity contribution in [1.29, 1.82) is 0 Å². The SMILES string of the molecule is CCNC(=NCc1ccccc1OC1CCC1)NCCN(C)CCCOC.I. The van der Waals surface area contributed by atoms with Gasteiger partial charge in [0.25, 0.3) is 0 Å². The number of hydrogen-bond acceptors (Lipinski definition) is 4. The van der Waals surface area contributed by atoms with E-state index in [1.165, 1.54) is 19.3 Å². The van der Waals surface area contributed by atoms with E-state index in [4.69, 9.17) is 14.5 Å². The van der Waals surface area contributed by atoms with Gasteiger partial charge in [-0.1, -0.05) is 18.2 Å². The molecule has 1 fully saturated rings. The minimum absolute atomic E-state index is 0. The van der Waals surface area contributed by atoms with Gasteiger partial charge in [0.05, 0.1) is 12.6 Å². The lowest BCUT2D eigenvalue weighted by atomic mass is 9.96. The van der Waals surface area contributed by atoms with Crippen molar-refractivity contribution in [1.82, 2.24) is 15.5 Å². The van der Waals surface area contributed by atoms with Crippen LogP contribution < -0.4 is 15.4 Å². The van der Waals surface area contributed by atoms with Gasteiger partial charge in [-0.25, -0.2) is 4.99 Å². The largest absolute Gasteiger partial charge is 0.490 e. The Morgan fingerprint density at radius 3 is 2.68 bits per heavy atom. The van der Waals surface area contributed by atoms with Gasteiger partial charge in [-0.2, -0.15) is 0 Å². The van der Waals surface area contributed by atoms with Crippen LogP contribution in [0.5, 0.6) is 5.75 Å². The lowest BCUT2D eigenvalue weighted by Gasteiger charge is -2.27. The summed E-state index contributed by atoms with van der Waals surface area (Å²) in [6, 6.07) is 8.24. The topological polar surface area (TPSA) is 58.1 Å². The van der Waals surface area contributed by atoms with Crippen molar-refractivity contribution >= 4 is 29.9 Å². The molecular weight excluding hydrogens is 467 g/mol. The number of guanidine groups is 1. The molecule has 1 saturated carbocycles. The fourth-order valence-corrected chi connectivity index (χ4v) is 2.88. The highest BCUT2D eigenvalue weighted by Gasteiger charge is 2.20. The summed E-state index contributed by atoms with van der Waals surface area (Å²) in [5, 5.41) is 6.74. The maximum absolute atomic E-state index is 6.11. The van der Waals surface area contributed by atoms with Gasteiger partial charge in [0.15, 0.2) is 5.96 Å². The molecular formula is C21H37IN4O2. The number of nitrogens with zero attached hydrogens (tertiary/aromatic N) is 2. The molecule has 1 aromatic carbocycles. The molecule has 0 spiro atoms. The standard InChI is InChI=1S/C21H36N4O2.HI/c1-4-22-21(23-13-15-25(2)14-8-16-26-3)24-17-18-9-5-6-12-20(18)27-19-10-7-11-19;/h5-6,9,12,19H,4,7-8,10-11,13-17H2,1-3H3,(H2,22,23,24);1H. The molecule has 0 aliphatic heterocycles. The Morgan fingerprint density at radius 2 is 2.00 bits per heavy atom. The lowest BCUT2D eigenvalue weighted by Crippen LogP contribution is -2.41. The smallest absolute Gasteiger partial charge is 0.191 e. The van der Waals surface area contributed by atoms with Crippen LogP contribution in [-0.2, 0) is 11.3 Å². The zero-order valence-corrected chi connectivity index (χ0v) is 19.9. The quantitative estimate of drug-likeness (QED) is 0.198. The van der Waals surface area contributed by atoms with Crippen LogP contribution in [0.2, 0.25) is 0 Å². The zero-order valence-electron chi connectivity index (χ0n) is 17.6. The molecule has 0 amide bonds. The van der Waals surface area contributed by atoms with Crippen molar-refractivity contribution in [3.05, 3.63) is 29.8 Å². The van der Waals surface area contributed by atoms with Crippen LogP contribution in [0.3, 0.4) is 0 Å². The summed E-state index contributed by atoms with van der Waals surface area (Å²) in [6.07, 6.45) is 5.05. The molecule has 1 aromatic rings. The summed E-state index contributed by atoms with van der Waals surface area (Å²) in [5.41, 5.74) is 1.14. The van der Waals surface area contributed by atoms with E-state index >= 15 is 0 Å². The zero-order chi connectivity index (χ0) is 19.3. The number of benzene rings is 1. The monoisotopic (exact) mass is 504 g/mol. The van der Waals surface area contributed by atoms with E-state index in [0.29, 0.717) is 12.6 Å². The van der Waals surface area contributed by atoms with Gasteiger partial charge in [-0.15, -0.1) is 24.0 Å². The van der Waals surface area contributed by atoms with Gasteiger partial charge in [-0.05, 0) is 45.7 Å². The highest BCUT2D eigenvalue weighted by atomic mass is 127. The molecule has 6 nitrogen and oxygen atoms in total. The predicted molar refractivity (Wildman–Crippen MR) is 127 cm³/mol. The maximum atomic E-state index is 6.11. The van der Waals surface area contributed by atoms with Crippen molar-refractivity contribution in [3.63, 3.8) is 0 Å². The number of likely N-dealkylation sites (N-methyl/N-ethyl adjacent to an activating group) is 1. The Hall–Kier alpha value is -1.06. The van der Waals surface area contributed by atoms with Crippen molar-refractivity contribution < 1.29 is 9.47 Å². The number of methoxy groups -OCH3 is 1. The van der Waals surface area contributed by atoms with Gasteiger partial charge in [0.2, 0.25) is 0 Å². The highest BCUT2D eigenvalue weighted by Crippen LogP contribution is 2.27. The van der Waals surface area contributed by atoms with Crippen LogP contribution in [-0.4, -0.2) is 63.9 Å². The third-order valence-corrected chi connectivity index (χ3v) is 4.74. The predicted octanol–water partition coefficient (Wildman–Crippen LogP) is 3.26. The van der Waals surface area contributed by atoms with Gasteiger partial charge in [0, 0.05) is 45.5 Å². The molecule has 160 valence electrons. The number of hydrogen-bond donors (Lipinski definition) is 2. The van der Waals surface area contributed by atoms with Crippen molar-refractivity contribution in [3.8, 4) is 5.75 Å². The van der Waals surface area contributed by atoms with Crippen molar-refractivity contribution in [2.75, 3.05) is 46.9 Å². The second-order valence-electron chi connectivity index (χ2n) is 7.05. The number of nitrogens with one attached hydrogen (secondary N) is 2. The average molecular weight is 504 g/mol. The number of aliphatic imine (C=N–C) groups is 1. The average Bonchev–Trinajstić information content (AvgIpc) is 2.63. The van der Waals surface area contributed by atoms with Gasteiger partial charge < -0.3 is 25.0 Å². The van der Waals surface area contributed by atoms with E-state index in [-0.39, 0.29) is 24.0 Å². The number of para-hydroxylation sites is 1. The molecule has 0 unspecified atom stereocenters. The van der Waals surface area contributed by atoms with E-state index in [1.807, 2.05) is 12.1 Å². The first kappa shape index (κ1) is 25.0. The van der Waals surface area contributed by atoms with E-state index in [0.717, 1.165) is 56.5 Å². The molecule has 0 aromatic heterocycles. The first-order valence-electron chi connectivity index (χ1n) is 10.2. The van der Waals surface area contributed by atoms with Gasteiger partial charge in [-0.3, -0.25) is 0 Å². The minimum Gasteiger partial charge on any atom is -0.490 e. The Balaban J connectivity index is 0.00000392. The molecule has 28 heavy (non-hydrogen) atoms. The van der Waals surface area contributed by atoms with Crippen molar-refractivity contribution in [2.24, 2.45) is 4.99 Å². The maximum Gasteiger partial charge on any atom is 0.191 e. The first-order valence-corrected chi connectivity index (χ1v) is 10.2. The molecule has 1 aliphatic rings. The molecule has 0 atom stereocenters. The third kappa shape index (κ3) is 9.43. The second-order valence-corrected chi connectivity index (χ2v) is 7.05. The van der Waals surface area contributed by atoms with E-state index in [9.17, 15) is 0 Å². The minimum atomic E-state index is 0. The second kappa shape index (κ2) is 14.9. The molecule has 7 heteroatoms. The van der Waals surface area contributed by atoms with Crippen LogP contribution >= 0.6 is 24.0 Å². The third-order valence-electron chi connectivity index (χ3n) is 4.74. The molecule has 1 aliphatic carbocycles. The highest BCUT2D eigenvalue weighted by molar-refractivity contribution is 14.0. The van der Waals surface area contributed by atoms with E-state index in [2.05, 4.69) is 41.6 Å². The Bertz CT molecular complexity index is 567. The number of ether oxygens (including phenoxy) is 2. The number of rotatable bonds is 12. The Morgan fingerprint density at radius 1 is 1.21 bits per heavy atom. The summed E-state index contributed by atoms with van der Waals surface area (Å²) in [7, 11) is 3.88. The molecule has 2 rings (SSSR count). The molecule has 0 bridgehead atoms. The van der Waals surface area contributed by atoms with Crippen LogP contribution in [0.4, 0.5) is 0 Å². The van der Waals surface area contributed by atoms with Crippen LogP contribution in [0.25, 0.3) is 0 Å². The molecule has 0 radical (unpaired) electrons. The van der Waals surface area contributed by atoms with Gasteiger partial charge in [0.1, 0.15) is 5.75 Å². The van der Waals surface area contributed by atoms with E-state index in [1.54, 1.807) is 7.11 Å². The Kier molecular flexibility index (Phi) is 13.3. The van der Waals surface area contributed by atoms with Crippen molar-refractivity contribution in [2.45, 2.75) is 45.3 Å². The van der Waals surface area contributed by atoms with Crippen LogP contribution in [0, 0.1) is 0 Å². The summed E-state index contributed by atoms with van der Waals surface area (Å²) in [5.74, 6) is 1.82. The fraction of sp³-hybridized carbons (Fsp3) is 0.667. The Labute approximate surface area is 187 Å². The molecule has 2 N–H and O–H groups in total. The van der Waals surface area contributed by atoms with Crippen LogP contribution in [0.1, 0.15) is 38.2 Å². The normalized spacial score (nSPS) is 14.4. The fourth-order valence-electron chi connectivity index (χ4n) is 2.88. The van der Waals surface area contributed by atoms with Crippen LogP contribution in [0.15, 0.2) is 29.3 Å². The van der Waals surface area contributed by atoms with Gasteiger partial charge >= 0.3 is 0 Å². The number of halogens is 1. The molecule has 0 saturated heterocycles. The lowest BCUT2D eigenvalue weighted by molar-refractivity contribution is 0.119. The summed E-state index contributed by atoms with van der Waals surface area (Å²) in [4.78, 5) is 7.05. The summed E-state index contributed by atoms with van der Waals surface area (Å²) < 4.78 is 11.2. The van der Waals surface area contributed by atoms with E-state index < -0.39 is 0 Å². The summed E-state index contributed by atoms with van der Waals surface area (Å²) in [6.45, 7) is 7.21. The first-order chi connectivity index (χ1) is 13.2.